The lowest BCUT2D eigenvalue weighted by molar-refractivity contribution is -0.147. The molecular formula is C8H14O2. The lowest BCUT2D eigenvalue weighted by Gasteiger charge is -2.14. The lowest BCUT2D eigenvalue weighted by Crippen LogP contribution is -2.18. The first-order valence-corrected chi connectivity index (χ1v) is 3.87. The van der Waals surface area contributed by atoms with Gasteiger partial charge in [-0.25, -0.2) is 0 Å². The maximum atomic E-state index is 10.5. The van der Waals surface area contributed by atoms with Gasteiger partial charge in [0.05, 0.1) is 0 Å². The molecule has 1 saturated carbocycles. The van der Waals surface area contributed by atoms with E-state index in [1.54, 1.807) is 0 Å². The molecule has 1 rings (SSSR count). The summed E-state index contributed by atoms with van der Waals surface area (Å²) in [7, 11) is 0. The molecule has 0 aliphatic heterocycles. The minimum absolute atomic E-state index is 0.140. The van der Waals surface area contributed by atoms with E-state index >= 15 is 0 Å². The van der Waals surface area contributed by atoms with Gasteiger partial charge in [0.15, 0.2) is 0 Å². The predicted octanol–water partition coefficient (Wildman–Crippen LogP) is 1.74. The normalized spacial score (nSPS) is 32.2. The molecule has 10 heavy (non-hydrogen) atoms. The Morgan fingerprint density at radius 2 is 2.20 bits per heavy atom. The highest BCUT2D eigenvalue weighted by molar-refractivity contribution is 5.66. The van der Waals surface area contributed by atoms with Crippen LogP contribution in [0.5, 0.6) is 0 Å². The molecule has 58 valence electrons. The summed E-state index contributed by atoms with van der Waals surface area (Å²) in [5, 5.41) is 0. The van der Waals surface area contributed by atoms with Crippen molar-refractivity contribution in [2.75, 3.05) is 0 Å². The molecule has 2 heteroatoms. The maximum absolute atomic E-state index is 10.5. The first kappa shape index (κ1) is 7.58. The average Bonchev–Trinajstić information content (AvgIpc) is 2.15. The van der Waals surface area contributed by atoms with Gasteiger partial charge >= 0.3 is 5.97 Å². The molecule has 1 aliphatic carbocycles. The molecule has 2 unspecified atom stereocenters. The second kappa shape index (κ2) is 3.04. The van der Waals surface area contributed by atoms with E-state index in [9.17, 15) is 4.79 Å². The van der Waals surface area contributed by atoms with E-state index in [1.165, 1.54) is 19.8 Å². The molecule has 0 heterocycles. The quantitative estimate of drug-likeness (QED) is 0.521. The average molecular weight is 142 g/mol. The monoisotopic (exact) mass is 142 g/mol. The Labute approximate surface area is 61.6 Å². The molecule has 0 aromatic carbocycles. The topological polar surface area (TPSA) is 26.3 Å². The molecule has 0 saturated heterocycles. The Morgan fingerprint density at radius 1 is 1.50 bits per heavy atom. The van der Waals surface area contributed by atoms with Gasteiger partial charge in [0, 0.05) is 6.92 Å². The van der Waals surface area contributed by atoms with Crippen molar-refractivity contribution in [3.63, 3.8) is 0 Å². The highest BCUT2D eigenvalue weighted by Crippen LogP contribution is 2.27. The number of ether oxygens (including phenoxy) is 1. The van der Waals surface area contributed by atoms with Gasteiger partial charge in [-0.15, -0.1) is 0 Å². The molecule has 0 N–H and O–H groups in total. The number of carbonyl (C=O) groups is 1. The summed E-state index contributed by atoms with van der Waals surface area (Å²) in [5.41, 5.74) is 0. The molecule has 1 fully saturated rings. The summed E-state index contributed by atoms with van der Waals surface area (Å²) < 4.78 is 5.08. The van der Waals surface area contributed by atoms with Crippen molar-refractivity contribution in [3.8, 4) is 0 Å². The van der Waals surface area contributed by atoms with Gasteiger partial charge in [0.2, 0.25) is 0 Å². The van der Waals surface area contributed by atoms with E-state index in [2.05, 4.69) is 6.92 Å². The van der Waals surface area contributed by atoms with Crippen molar-refractivity contribution in [2.45, 2.75) is 39.2 Å². The van der Waals surface area contributed by atoms with Crippen LogP contribution in [0.2, 0.25) is 0 Å². The number of esters is 1. The van der Waals surface area contributed by atoms with Gasteiger partial charge in [-0.05, 0) is 25.2 Å². The molecule has 0 bridgehead atoms. The zero-order chi connectivity index (χ0) is 7.56. The highest BCUT2D eigenvalue weighted by atomic mass is 16.5. The van der Waals surface area contributed by atoms with Crippen LogP contribution in [0.1, 0.15) is 33.1 Å². The van der Waals surface area contributed by atoms with E-state index in [0.717, 1.165) is 6.42 Å². The molecule has 0 amide bonds. The zero-order valence-electron chi connectivity index (χ0n) is 6.59. The van der Waals surface area contributed by atoms with Gasteiger partial charge in [-0.1, -0.05) is 6.92 Å². The van der Waals surface area contributed by atoms with Crippen LogP contribution in [0.4, 0.5) is 0 Å². The maximum Gasteiger partial charge on any atom is 0.302 e. The standard InChI is InChI=1S/C8H14O2/c1-6-4-3-5-8(6)10-7(2)9/h6,8H,3-5H2,1-2H3. The summed E-state index contributed by atoms with van der Waals surface area (Å²) >= 11 is 0. The van der Waals surface area contributed by atoms with Crippen LogP contribution < -0.4 is 0 Å². The first-order valence-electron chi connectivity index (χ1n) is 3.87. The van der Waals surface area contributed by atoms with Crippen LogP contribution in [0.3, 0.4) is 0 Å². The van der Waals surface area contributed by atoms with E-state index in [-0.39, 0.29) is 12.1 Å². The Morgan fingerprint density at radius 3 is 2.60 bits per heavy atom. The predicted molar refractivity (Wildman–Crippen MR) is 38.6 cm³/mol. The van der Waals surface area contributed by atoms with Crippen molar-refractivity contribution in [3.05, 3.63) is 0 Å². The fourth-order valence-corrected chi connectivity index (χ4v) is 1.50. The number of hydrogen-bond donors (Lipinski definition) is 0. The third-order valence-electron chi connectivity index (χ3n) is 2.10. The van der Waals surface area contributed by atoms with Crippen molar-refractivity contribution >= 4 is 5.97 Å². The summed E-state index contributed by atoms with van der Waals surface area (Å²) in [6.07, 6.45) is 3.68. The van der Waals surface area contributed by atoms with Gasteiger partial charge in [0.25, 0.3) is 0 Å². The van der Waals surface area contributed by atoms with Crippen molar-refractivity contribution in [2.24, 2.45) is 5.92 Å². The van der Waals surface area contributed by atoms with Crippen molar-refractivity contribution in [1.29, 1.82) is 0 Å². The van der Waals surface area contributed by atoms with E-state index < -0.39 is 0 Å². The largest absolute Gasteiger partial charge is 0.462 e. The fourth-order valence-electron chi connectivity index (χ4n) is 1.50. The highest BCUT2D eigenvalue weighted by Gasteiger charge is 2.25. The van der Waals surface area contributed by atoms with Gasteiger partial charge < -0.3 is 4.74 Å². The van der Waals surface area contributed by atoms with Gasteiger partial charge in [-0.2, -0.15) is 0 Å². The lowest BCUT2D eigenvalue weighted by atomic mass is 10.1. The Hall–Kier alpha value is -0.530. The van der Waals surface area contributed by atoms with E-state index in [0.29, 0.717) is 5.92 Å². The minimum atomic E-state index is -0.140. The number of carbonyl (C=O) groups excluding carboxylic acids is 1. The second-order valence-electron chi connectivity index (χ2n) is 3.06. The summed E-state index contributed by atoms with van der Waals surface area (Å²) in [5.74, 6) is 0.433. The molecule has 2 atom stereocenters. The zero-order valence-corrected chi connectivity index (χ0v) is 6.59. The fraction of sp³-hybridized carbons (Fsp3) is 0.875. The third-order valence-corrected chi connectivity index (χ3v) is 2.10. The molecule has 1 aliphatic rings. The smallest absolute Gasteiger partial charge is 0.302 e. The molecule has 2 nitrogen and oxygen atoms in total. The van der Waals surface area contributed by atoms with E-state index in [4.69, 9.17) is 4.74 Å². The summed E-state index contributed by atoms with van der Waals surface area (Å²) in [6, 6.07) is 0. The molecule has 0 aromatic rings. The van der Waals surface area contributed by atoms with Gasteiger partial charge in [0.1, 0.15) is 6.10 Å². The van der Waals surface area contributed by atoms with Crippen LogP contribution in [0.15, 0.2) is 0 Å². The SMILES string of the molecule is CC(=O)OC1CCCC1C. The number of hydrogen-bond acceptors (Lipinski definition) is 2. The van der Waals surface area contributed by atoms with Crippen molar-refractivity contribution < 1.29 is 9.53 Å². The molecule has 0 radical (unpaired) electrons. The second-order valence-corrected chi connectivity index (χ2v) is 3.06. The number of rotatable bonds is 1. The Balaban J connectivity index is 2.33. The Kier molecular flexibility index (Phi) is 2.30. The molecule has 0 aromatic heterocycles. The summed E-state index contributed by atoms with van der Waals surface area (Å²) in [6.45, 7) is 3.62. The van der Waals surface area contributed by atoms with Crippen LogP contribution in [-0.4, -0.2) is 12.1 Å². The third kappa shape index (κ3) is 1.72. The molecule has 0 spiro atoms. The van der Waals surface area contributed by atoms with Crippen molar-refractivity contribution in [1.82, 2.24) is 0 Å². The van der Waals surface area contributed by atoms with Crippen LogP contribution in [-0.2, 0) is 9.53 Å². The van der Waals surface area contributed by atoms with Crippen LogP contribution >= 0.6 is 0 Å². The van der Waals surface area contributed by atoms with Crippen LogP contribution in [0, 0.1) is 5.92 Å². The van der Waals surface area contributed by atoms with Gasteiger partial charge in [-0.3, -0.25) is 4.79 Å². The minimum Gasteiger partial charge on any atom is -0.462 e. The summed E-state index contributed by atoms with van der Waals surface area (Å²) in [4.78, 5) is 10.5. The first-order chi connectivity index (χ1) is 4.70. The van der Waals surface area contributed by atoms with Crippen LogP contribution in [0.25, 0.3) is 0 Å². The molecular weight excluding hydrogens is 128 g/mol. The van der Waals surface area contributed by atoms with E-state index in [1.807, 2.05) is 0 Å². The Bertz CT molecular complexity index is 131.